The van der Waals surface area contributed by atoms with Gasteiger partial charge < -0.3 is 9.47 Å². The minimum absolute atomic E-state index is 0.000201. The molecule has 0 aliphatic heterocycles. The predicted octanol–water partition coefficient (Wildman–Crippen LogP) is 2.73. The van der Waals surface area contributed by atoms with Gasteiger partial charge in [0.15, 0.2) is 0 Å². The first-order chi connectivity index (χ1) is 13.0. The van der Waals surface area contributed by atoms with Gasteiger partial charge in [-0.2, -0.15) is 5.26 Å². The molecule has 0 bridgehead atoms. The van der Waals surface area contributed by atoms with Gasteiger partial charge in [0.05, 0.1) is 11.8 Å². The summed E-state index contributed by atoms with van der Waals surface area (Å²) in [7, 11) is -3.79. The third-order valence-electron chi connectivity index (χ3n) is 3.22. The Bertz CT molecular complexity index is 1030. The van der Waals surface area contributed by atoms with Crippen molar-refractivity contribution < 1.29 is 35.9 Å². The van der Waals surface area contributed by atoms with E-state index in [1.54, 1.807) is 10.8 Å². The van der Waals surface area contributed by atoms with Crippen LogP contribution in [-0.4, -0.2) is 26.9 Å². The zero-order valence-electron chi connectivity index (χ0n) is 14.3. The highest BCUT2D eigenvalue weighted by molar-refractivity contribution is 7.89. The molecule has 0 heterocycles. The minimum atomic E-state index is -4.87. The molecule has 0 saturated carbocycles. The van der Waals surface area contributed by atoms with Crippen molar-refractivity contribution in [2.45, 2.75) is 13.0 Å². The highest BCUT2D eigenvalue weighted by Gasteiger charge is 2.32. The number of carbonyl (C=O) groups excluding carboxylic acids is 1. The second kappa shape index (κ2) is 8.18. The largest absolute Gasteiger partial charge is 0.573 e. The first-order valence-electron chi connectivity index (χ1n) is 7.51. The van der Waals surface area contributed by atoms with Crippen molar-refractivity contribution in [2.75, 3.05) is 6.26 Å². The lowest BCUT2D eigenvalue weighted by molar-refractivity contribution is -0.275. The number of hydrogen-bond acceptors (Lipinski definition) is 6. The molecule has 0 atom stereocenters. The van der Waals surface area contributed by atoms with Crippen molar-refractivity contribution >= 4 is 15.9 Å². The lowest BCUT2D eigenvalue weighted by atomic mass is 10.1. The topological polar surface area (TPSA) is 105 Å². The molecule has 0 aliphatic carbocycles. The number of carbonyl (C=O) groups is 1. The number of halogens is 3. The van der Waals surface area contributed by atoms with Crippen LogP contribution in [0.5, 0.6) is 11.5 Å². The molecule has 11 heteroatoms. The molecular formula is C17H13F3N2O5S. The summed E-state index contributed by atoms with van der Waals surface area (Å²) in [4.78, 5) is 11.8. The molecule has 1 amide bonds. The van der Waals surface area contributed by atoms with Gasteiger partial charge in [-0.1, -0.05) is 18.2 Å². The lowest BCUT2D eigenvalue weighted by Crippen LogP contribution is -2.29. The van der Waals surface area contributed by atoms with Crippen molar-refractivity contribution in [1.82, 2.24) is 4.72 Å². The number of ether oxygens (including phenoxy) is 2. The summed E-state index contributed by atoms with van der Waals surface area (Å²) >= 11 is 0. The summed E-state index contributed by atoms with van der Waals surface area (Å²) in [5, 5.41) is 9.21. The Morgan fingerprint density at radius 2 is 1.86 bits per heavy atom. The van der Waals surface area contributed by atoms with Crippen molar-refractivity contribution in [3.05, 3.63) is 59.2 Å². The number of rotatable bonds is 6. The summed E-state index contributed by atoms with van der Waals surface area (Å²) in [6, 6.07) is 10.7. The molecule has 1 N–H and O–H groups in total. The molecule has 0 fully saturated rings. The van der Waals surface area contributed by atoms with Crippen molar-refractivity contribution in [3.63, 3.8) is 0 Å². The van der Waals surface area contributed by atoms with Crippen LogP contribution in [0.2, 0.25) is 0 Å². The van der Waals surface area contributed by atoms with Crippen LogP contribution in [-0.2, 0) is 16.6 Å². The Labute approximate surface area is 158 Å². The van der Waals surface area contributed by atoms with Crippen LogP contribution in [0, 0.1) is 11.3 Å². The molecule has 0 saturated heterocycles. The SMILES string of the molecule is CS(=O)(=O)NC(=O)c1ccc(OCc2ccccc2OC(F)(F)F)c(C#N)c1. The second-order valence-corrected chi connectivity index (χ2v) is 7.22. The highest BCUT2D eigenvalue weighted by Crippen LogP contribution is 2.28. The maximum atomic E-state index is 12.5. The number of nitrogens with zero attached hydrogens (tertiary/aromatic N) is 1. The third-order valence-corrected chi connectivity index (χ3v) is 3.78. The Kier molecular flexibility index (Phi) is 6.15. The van der Waals surface area contributed by atoms with Gasteiger partial charge in [-0.3, -0.25) is 4.79 Å². The van der Waals surface area contributed by atoms with Crippen LogP contribution in [0.25, 0.3) is 0 Å². The first-order valence-corrected chi connectivity index (χ1v) is 9.40. The number of sulfonamides is 1. The molecule has 0 aliphatic rings. The average molecular weight is 414 g/mol. The molecule has 2 aromatic carbocycles. The standard InChI is InChI=1S/C17H13F3N2O5S/c1-28(24,25)22-16(23)11-6-7-14(13(8-11)9-21)26-10-12-4-2-3-5-15(12)27-17(18,19)20/h2-8H,10H2,1H3,(H,22,23). The third kappa shape index (κ3) is 6.17. The van der Waals surface area contributed by atoms with E-state index < -0.39 is 28.0 Å². The van der Waals surface area contributed by atoms with Gasteiger partial charge in [0.25, 0.3) is 5.91 Å². The van der Waals surface area contributed by atoms with Crippen molar-refractivity contribution in [3.8, 4) is 17.6 Å². The Morgan fingerprint density at radius 1 is 1.18 bits per heavy atom. The van der Waals surface area contributed by atoms with Gasteiger partial charge in [-0.05, 0) is 24.3 Å². The maximum Gasteiger partial charge on any atom is 0.573 e. The predicted molar refractivity (Wildman–Crippen MR) is 90.9 cm³/mol. The highest BCUT2D eigenvalue weighted by atomic mass is 32.2. The number of para-hydroxylation sites is 1. The van der Waals surface area contributed by atoms with Gasteiger partial charge in [-0.15, -0.1) is 13.2 Å². The van der Waals surface area contributed by atoms with E-state index >= 15 is 0 Å². The zero-order chi connectivity index (χ0) is 20.9. The molecule has 2 aromatic rings. The molecule has 7 nitrogen and oxygen atoms in total. The van der Waals surface area contributed by atoms with Crippen LogP contribution in [0.4, 0.5) is 13.2 Å². The smallest absolute Gasteiger partial charge is 0.487 e. The molecule has 28 heavy (non-hydrogen) atoms. The van der Waals surface area contributed by atoms with Crippen LogP contribution in [0.15, 0.2) is 42.5 Å². The summed E-state index contributed by atoms with van der Waals surface area (Å²) in [6.07, 6.45) is -4.07. The van der Waals surface area contributed by atoms with E-state index in [2.05, 4.69) is 4.74 Å². The van der Waals surface area contributed by atoms with E-state index in [1.165, 1.54) is 30.3 Å². The van der Waals surface area contributed by atoms with Crippen molar-refractivity contribution in [1.29, 1.82) is 5.26 Å². The van der Waals surface area contributed by atoms with E-state index in [1.807, 2.05) is 0 Å². The summed E-state index contributed by atoms with van der Waals surface area (Å²) in [5.74, 6) is -1.38. The summed E-state index contributed by atoms with van der Waals surface area (Å²) in [6.45, 7) is -0.337. The Morgan fingerprint density at radius 3 is 2.46 bits per heavy atom. The molecule has 0 aromatic heterocycles. The number of alkyl halides is 3. The van der Waals surface area contributed by atoms with Gasteiger partial charge in [0.1, 0.15) is 24.2 Å². The van der Waals surface area contributed by atoms with E-state index in [0.29, 0.717) is 0 Å². The van der Waals surface area contributed by atoms with Crippen LogP contribution in [0.1, 0.15) is 21.5 Å². The van der Waals surface area contributed by atoms with Crippen LogP contribution < -0.4 is 14.2 Å². The second-order valence-electron chi connectivity index (χ2n) is 5.47. The molecule has 0 unspecified atom stereocenters. The van der Waals surface area contributed by atoms with Gasteiger partial charge in [0, 0.05) is 11.1 Å². The normalized spacial score (nSPS) is 11.4. The monoisotopic (exact) mass is 414 g/mol. The zero-order valence-corrected chi connectivity index (χ0v) is 15.1. The summed E-state index contributed by atoms with van der Waals surface area (Å²) < 4.78 is 70.6. The maximum absolute atomic E-state index is 12.5. The Balaban J connectivity index is 2.20. The molecule has 0 spiro atoms. The summed E-state index contributed by atoms with van der Waals surface area (Å²) in [5.41, 5.74) is -0.117. The fourth-order valence-corrected chi connectivity index (χ4v) is 2.57. The fourth-order valence-electron chi connectivity index (χ4n) is 2.11. The fraction of sp³-hybridized carbons (Fsp3) is 0.176. The van der Waals surface area contributed by atoms with Gasteiger partial charge in [-0.25, -0.2) is 13.1 Å². The van der Waals surface area contributed by atoms with Gasteiger partial charge >= 0.3 is 6.36 Å². The van der Waals surface area contributed by atoms with E-state index in [4.69, 9.17) is 4.74 Å². The Hall–Kier alpha value is -3.26. The van der Waals surface area contributed by atoms with Crippen LogP contribution in [0.3, 0.4) is 0 Å². The minimum Gasteiger partial charge on any atom is -0.487 e. The first kappa shape index (κ1) is 21.0. The number of nitrogens with one attached hydrogen (secondary N) is 1. The molecule has 0 radical (unpaired) electrons. The molecule has 148 valence electrons. The quantitative estimate of drug-likeness (QED) is 0.779. The molecular weight excluding hydrogens is 401 g/mol. The number of hydrogen-bond donors (Lipinski definition) is 1. The van der Waals surface area contributed by atoms with E-state index in [9.17, 15) is 31.6 Å². The average Bonchev–Trinajstić information content (AvgIpc) is 2.58. The number of nitriles is 1. The van der Waals surface area contributed by atoms with Crippen LogP contribution >= 0.6 is 0 Å². The van der Waals surface area contributed by atoms with E-state index in [-0.39, 0.29) is 29.0 Å². The van der Waals surface area contributed by atoms with Gasteiger partial charge in [0.2, 0.25) is 10.0 Å². The van der Waals surface area contributed by atoms with Crippen molar-refractivity contribution in [2.24, 2.45) is 0 Å². The number of amides is 1. The lowest BCUT2D eigenvalue weighted by Gasteiger charge is -2.14. The van der Waals surface area contributed by atoms with E-state index in [0.717, 1.165) is 18.4 Å². The molecule has 2 rings (SSSR count). The number of benzene rings is 2.